The maximum atomic E-state index is 12.4. The number of carbonyl (C=O) groups excluding carboxylic acids is 1. The van der Waals surface area contributed by atoms with E-state index in [1.54, 1.807) is 24.3 Å². The average molecular weight is 362 g/mol. The van der Waals surface area contributed by atoms with Gasteiger partial charge in [-0.25, -0.2) is 4.68 Å². The zero-order chi connectivity index (χ0) is 18.8. The van der Waals surface area contributed by atoms with Crippen LogP contribution in [0, 0.1) is 0 Å². The number of hydrogen-bond acceptors (Lipinski definition) is 3. The monoisotopic (exact) mass is 362 g/mol. The summed E-state index contributed by atoms with van der Waals surface area (Å²) in [4.78, 5) is 39.9. The van der Waals surface area contributed by atoms with Crippen LogP contribution in [0.2, 0.25) is 0 Å². The van der Waals surface area contributed by atoms with E-state index in [0.717, 1.165) is 21.1 Å². The second kappa shape index (κ2) is 6.95. The molecule has 0 saturated heterocycles. The molecule has 7 heteroatoms. The van der Waals surface area contributed by atoms with E-state index in [1.165, 1.54) is 0 Å². The predicted octanol–water partition coefficient (Wildman–Crippen LogP) is 1.53. The Hall–Kier alpha value is -3.61. The number of benzene rings is 2. The van der Waals surface area contributed by atoms with Gasteiger partial charge in [-0.1, -0.05) is 30.3 Å². The van der Waals surface area contributed by atoms with Gasteiger partial charge >= 0.3 is 0 Å². The Kier molecular flexibility index (Phi) is 4.33. The van der Waals surface area contributed by atoms with Crippen molar-refractivity contribution in [2.45, 2.75) is 13.0 Å². The first-order valence-corrected chi connectivity index (χ1v) is 8.67. The molecule has 0 saturated carbocycles. The van der Waals surface area contributed by atoms with Crippen molar-refractivity contribution in [1.29, 1.82) is 0 Å². The summed E-state index contributed by atoms with van der Waals surface area (Å²) in [7, 11) is 0. The third-order valence-corrected chi connectivity index (χ3v) is 4.58. The fourth-order valence-electron chi connectivity index (χ4n) is 3.23. The maximum Gasteiger partial charge on any atom is 0.273 e. The molecule has 0 fully saturated rings. The third-order valence-electron chi connectivity index (χ3n) is 4.58. The van der Waals surface area contributed by atoms with Gasteiger partial charge in [-0.2, -0.15) is 0 Å². The van der Waals surface area contributed by atoms with Crippen LogP contribution in [0.4, 0.5) is 0 Å². The first-order chi connectivity index (χ1) is 13.1. The van der Waals surface area contributed by atoms with Crippen molar-refractivity contribution in [2.75, 3.05) is 6.54 Å². The Morgan fingerprint density at radius 3 is 2.48 bits per heavy atom. The average Bonchev–Trinajstić information content (AvgIpc) is 3.09. The van der Waals surface area contributed by atoms with Crippen molar-refractivity contribution < 1.29 is 4.79 Å². The molecule has 3 N–H and O–H groups in total. The molecule has 2 heterocycles. The molecule has 4 aromatic rings. The molecule has 0 aliphatic rings. The van der Waals surface area contributed by atoms with E-state index < -0.39 is 11.1 Å². The van der Waals surface area contributed by atoms with Gasteiger partial charge in [0, 0.05) is 23.6 Å². The lowest BCUT2D eigenvalue weighted by Gasteiger charge is -2.08. The summed E-state index contributed by atoms with van der Waals surface area (Å²) < 4.78 is 1.05. The number of carbonyl (C=O) groups is 1. The number of hydrogen-bond donors (Lipinski definition) is 3. The Labute approximate surface area is 153 Å². The molecule has 0 bridgehead atoms. The molecule has 0 aliphatic carbocycles. The van der Waals surface area contributed by atoms with Gasteiger partial charge in [-0.15, -0.1) is 0 Å². The van der Waals surface area contributed by atoms with Gasteiger partial charge in [0.15, 0.2) is 0 Å². The lowest BCUT2D eigenvalue weighted by Crippen LogP contribution is -2.37. The molecular formula is C20H18N4O3. The number of rotatable bonds is 5. The van der Waals surface area contributed by atoms with Crippen molar-refractivity contribution in [3.63, 3.8) is 0 Å². The largest absolute Gasteiger partial charge is 0.361 e. The number of aromatic nitrogens is 3. The highest BCUT2D eigenvalue weighted by atomic mass is 16.2. The second-order valence-electron chi connectivity index (χ2n) is 6.34. The molecule has 0 unspecified atom stereocenters. The van der Waals surface area contributed by atoms with Crippen LogP contribution in [-0.4, -0.2) is 27.2 Å². The first kappa shape index (κ1) is 16.8. The van der Waals surface area contributed by atoms with Gasteiger partial charge < -0.3 is 10.3 Å². The zero-order valence-corrected chi connectivity index (χ0v) is 14.5. The molecule has 4 rings (SSSR count). The van der Waals surface area contributed by atoms with Crippen LogP contribution in [0.15, 0.2) is 64.3 Å². The van der Waals surface area contributed by atoms with Crippen LogP contribution < -0.4 is 16.4 Å². The molecule has 0 atom stereocenters. The standard InChI is InChI=1S/C20H18N4O3/c25-18(21-10-9-13-11-22-17-8-4-3-5-14(13)17)12-24-20(27)16-7-2-1-6-15(16)19(26)23-24/h1-8,11,22H,9-10,12H2,(H,21,25)(H,23,26). The minimum Gasteiger partial charge on any atom is -0.361 e. The Bertz CT molecular complexity index is 1250. The van der Waals surface area contributed by atoms with Gasteiger partial charge in [-0.05, 0) is 30.2 Å². The summed E-state index contributed by atoms with van der Waals surface area (Å²) in [6.45, 7) is 0.208. The zero-order valence-electron chi connectivity index (χ0n) is 14.5. The Morgan fingerprint density at radius 1 is 0.963 bits per heavy atom. The minimum atomic E-state index is -0.392. The van der Waals surface area contributed by atoms with Gasteiger partial charge in [0.25, 0.3) is 11.1 Å². The highest BCUT2D eigenvalue weighted by molar-refractivity contribution is 5.83. The van der Waals surface area contributed by atoms with Crippen LogP contribution in [0.5, 0.6) is 0 Å². The van der Waals surface area contributed by atoms with Crippen LogP contribution in [-0.2, 0) is 17.8 Å². The van der Waals surface area contributed by atoms with E-state index in [1.807, 2.05) is 30.5 Å². The first-order valence-electron chi connectivity index (χ1n) is 8.67. The van der Waals surface area contributed by atoms with Crippen molar-refractivity contribution >= 4 is 27.6 Å². The number of nitrogens with one attached hydrogen (secondary N) is 3. The fourth-order valence-corrected chi connectivity index (χ4v) is 3.23. The number of H-pyrrole nitrogens is 2. The maximum absolute atomic E-state index is 12.4. The number of fused-ring (bicyclic) bond motifs is 2. The smallest absolute Gasteiger partial charge is 0.273 e. The lowest BCUT2D eigenvalue weighted by atomic mass is 10.1. The second-order valence-corrected chi connectivity index (χ2v) is 6.34. The summed E-state index contributed by atoms with van der Waals surface area (Å²) in [5.41, 5.74) is 1.38. The van der Waals surface area contributed by atoms with E-state index in [2.05, 4.69) is 15.4 Å². The molecule has 0 aliphatic heterocycles. The molecule has 0 radical (unpaired) electrons. The normalized spacial score (nSPS) is 11.1. The number of nitrogens with zero attached hydrogens (tertiary/aromatic N) is 1. The van der Waals surface area contributed by atoms with E-state index in [-0.39, 0.29) is 12.5 Å². The number of para-hydroxylation sites is 1. The van der Waals surface area contributed by atoms with Crippen LogP contribution in [0.25, 0.3) is 21.7 Å². The number of amides is 1. The molecule has 2 aromatic carbocycles. The van der Waals surface area contributed by atoms with E-state index in [4.69, 9.17) is 0 Å². The SMILES string of the molecule is O=C(Cn1[nH]c(=O)c2ccccc2c1=O)NCCc1c[nH]c2ccccc12. The van der Waals surface area contributed by atoms with Crippen LogP contribution in [0.3, 0.4) is 0 Å². The molecule has 7 nitrogen and oxygen atoms in total. The third kappa shape index (κ3) is 3.27. The minimum absolute atomic E-state index is 0.229. The molecule has 0 spiro atoms. The predicted molar refractivity (Wildman–Crippen MR) is 104 cm³/mol. The summed E-state index contributed by atoms with van der Waals surface area (Å²) in [6, 6.07) is 14.5. The molecule has 136 valence electrons. The van der Waals surface area contributed by atoms with Crippen LogP contribution in [0.1, 0.15) is 5.56 Å². The van der Waals surface area contributed by atoms with E-state index in [9.17, 15) is 14.4 Å². The topological polar surface area (TPSA) is 99.8 Å². The van der Waals surface area contributed by atoms with Crippen molar-refractivity contribution in [2.24, 2.45) is 0 Å². The van der Waals surface area contributed by atoms with Crippen molar-refractivity contribution in [3.05, 3.63) is 81.0 Å². The summed E-state index contributed by atoms with van der Waals surface area (Å²) >= 11 is 0. The Morgan fingerprint density at radius 2 is 1.67 bits per heavy atom. The Balaban J connectivity index is 1.44. The van der Waals surface area contributed by atoms with E-state index in [0.29, 0.717) is 23.7 Å². The highest BCUT2D eigenvalue weighted by Crippen LogP contribution is 2.17. The van der Waals surface area contributed by atoms with Gasteiger partial charge in [-0.3, -0.25) is 19.5 Å². The summed E-state index contributed by atoms with van der Waals surface area (Å²) in [5, 5.41) is 7.00. The van der Waals surface area contributed by atoms with Crippen molar-refractivity contribution in [1.82, 2.24) is 20.1 Å². The molecule has 1 amide bonds. The molecule has 27 heavy (non-hydrogen) atoms. The number of aromatic amines is 2. The van der Waals surface area contributed by atoms with Gasteiger partial charge in [0.2, 0.25) is 5.91 Å². The highest BCUT2D eigenvalue weighted by Gasteiger charge is 2.10. The fraction of sp³-hybridized carbons (Fsp3) is 0.150. The summed E-state index contributed by atoms with van der Waals surface area (Å²) in [6.07, 6.45) is 2.60. The van der Waals surface area contributed by atoms with Gasteiger partial charge in [0.05, 0.1) is 10.8 Å². The quantitative estimate of drug-likeness (QED) is 0.502. The van der Waals surface area contributed by atoms with Crippen molar-refractivity contribution in [3.8, 4) is 0 Å². The molecular weight excluding hydrogens is 344 g/mol. The van der Waals surface area contributed by atoms with Gasteiger partial charge in [0.1, 0.15) is 6.54 Å². The van der Waals surface area contributed by atoms with Crippen LogP contribution >= 0.6 is 0 Å². The molecule has 2 aromatic heterocycles. The lowest BCUT2D eigenvalue weighted by molar-refractivity contribution is -0.121. The summed E-state index contributed by atoms with van der Waals surface area (Å²) in [5.74, 6) is -0.331. The van der Waals surface area contributed by atoms with E-state index >= 15 is 0 Å².